The van der Waals surface area contributed by atoms with Crippen LogP contribution in [0.15, 0.2) is 28.1 Å². The lowest BCUT2D eigenvalue weighted by Crippen LogP contribution is -3.00. The van der Waals surface area contributed by atoms with E-state index >= 15 is 0 Å². The molecule has 2 rings (SSSR count). The molecule has 0 saturated heterocycles. The first-order valence-electron chi connectivity index (χ1n) is 5.86. The highest BCUT2D eigenvalue weighted by atomic mass is 35.5. The molecule has 0 fully saturated rings. The van der Waals surface area contributed by atoms with Gasteiger partial charge in [-0.3, -0.25) is 5.32 Å². The van der Waals surface area contributed by atoms with Gasteiger partial charge in [0.05, 0.1) is 12.1 Å². The summed E-state index contributed by atoms with van der Waals surface area (Å²) in [6, 6.07) is 3.76. The van der Waals surface area contributed by atoms with Crippen molar-refractivity contribution in [2.45, 2.75) is 11.1 Å². The van der Waals surface area contributed by atoms with E-state index in [0.29, 0.717) is 12.2 Å². The minimum absolute atomic E-state index is 0. The topological polar surface area (TPSA) is 41.0 Å². The quantitative estimate of drug-likeness (QED) is 0.684. The van der Waals surface area contributed by atoms with Gasteiger partial charge >= 0.3 is 6.18 Å². The normalized spacial score (nSPS) is 14.7. The standard InChI is InChI=1S/C12H14F3N3S.ClH/c1-19-10-3-2-8(12(13,14)15)6-9(10)18-7-11-16-4-5-17-11;/h2-3,6,18H,4-5,7H2,1H3,(H,16,17);1H. The second-order valence-corrected chi connectivity index (χ2v) is 4.98. The summed E-state index contributed by atoms with van der Waals surface area (Å²) in [5.74, 6) is 0.907. The number of alkyl halides is 3. The summed E-state index contributed by atoms with van der Waals surface area (Å²) in [6.07, 6.45) is -2.47. The molecule has 0 spiro atoms. The third kappa shape index (κ3) is 4.29. The molecule has 0 bridgehead atoms. The van der Waals surface area contributed by atoms with E-state index in [1.807, 2.05) is 11.6 Å². The smallest absolute Gasteiger partial charge is 0.416 e. The molecular weight excluding hydrogens is 311 g/mol. The van der Waals surface area contributed by atoms with E-state index in [9.17, 15) is 13.2 Å². The van der Waals surface area contributed by atoms with E-state index in [2.05, 4.69) is 10.3 Å². The Hall–Kier alpha value is -0.920. The van der Waals surface area contributed by atoms with Crippen molar-refractivity contribution in [1.29, 1.82) is 0 Å². The highest BCUT2D eigenvalue weighted by Crippen LogP contribution is 2.34. The molecular formula is C12H15ClF3N3S. The summed E-state index contributed by atoms with van der Waals surface area (Å²) in [6.45, 7) is 2.15. The van der Waals surface area contributed by atoms with Gasteiger partial charge in [0.1, 0.15) is 13.1 Å². The molecule has 0 atom stereocenters. The van der Waals surface area contributed by atoms with Crippen molar-refractivity contribution in [1.82, 2.24) is 0 Å². The lowest BCUT2D eigenvalue weighted by molar-refractivity contribution is -0.528. The van der Waals surface area contributed by atoms with Crippen LogP contribution in [0.2, 0.25) is 0 Å². The maximum atomic E-state index is 12.7. The van der Waals surface area contributed by atoms with Gasteiger partial charge in [0, 0.05) is 10.6 Å². The number of nitrogens with two attached hydrogens (primary N) is 1. The maximum absolute atomic E-state index is 12.7. The van der Waals surface area contributed by atoms with Crippen molar-refractivity contribution in [3.05, 3.63) is 23.8 Å². The molecule has 1 aliphatic heterocycles. The molecule has 3 nitrogen and oxygen atoms in total. The molecule has 1 aliphatic rings. The first kappa shape index (κ1) is 17.1. The second-order valence-electron chi connectivity index (χ2n) is 4.13. The Bertz CT molecular complexity index is 491. The molecule has 0 aromatic heterocycles. The Kier molecular flexibility index (Phi) is 6.16. The van der Waals surface area contributed by atoms with Crippen LogP contribution < -0.4 is 23.0 Å². The monoisotopic (exact) mass is 325 g/mol. The molecule has 0 amide bonds. The first-order chi connectivity index (χ1) is 9.00. The number of aliphatic imine (C=N–C) groups is 1. The van der Waals surface area contributed by atoms with Gasteiger partial charge in [-0.15, -0.1) is 11.8 Å². The number of nitrogens with one attached hydrogen (secondary N) is 1. The average molecular weight is 326 g/mol. The second kappa shape index (κ2) is 7.19. The number of anilines is 1. The van der Waals surface area contributed by atoms with Crippen molar-refractivity contribution in [2.75, 3.05) is 31.2 Å². The fourth-order valence-electron chi connectivity index (χ4n) is 1.84. The van der Waals surface area contributed by atoms with E-state index in [1.54, 1.807) is 0 Å². The summed E-state index contributed by atoms with van der Waals surface area (Å²) < 4.78 is 38.0. The van der Waals surface area contributed by atoms with Gasteiger partial charge in [-0.05, 0) is 24.5 Å². The van der Waals surface area contributed by atoms with E-state index < -0.39 is 11.7 Å². The molecule has 20 heavy (non-hydrogen) atoms. The fraction of sp³-hybridized carbons (Fsp3) is 0.417. The Labute approximate surface area is 125 Å². The van der Waals surface area contributed by atoms with Gasteiger partial charge in [-0.2, -0.15) is 13.2 Å². The highest BCUT2D eigenvalue weighted by molar-refractivity contribution is 7.98. The molecule has 1 heterocycles. The lowest BCUT2D eigenvalue weighted by Gasteiger charge is -2.13. The van der Waals surface area contributed by atoms with Crippen LogP contribution in [0, 0.1) is 0 Å². The number of thioether (sulfide) groups is 1. The minimum Gasteiger partial charge on any atom is -1.00 e. The van der Waals surface area contributed by atoms with Crippen LogP contribution in [0.3, 0.4) is 0 Å². The molecule has 112 valence electrons. The van der Waals surface area contributed by atoms with Crippen LogP contribution in [0.25, 0.3) is 0 Å². The van der Waals surface area contributed by atoms with Crippen molar-refractivity contribution in [2.24, 2.45) is 4.99 Å². The van der Waals surface area contributed by atoms with E-state index in [-0.39, 0.29) is 12.4 Å². The van der Waals surface area contributed by atoms with Crippen molar-refractivity contribution in [3.8, 4) is 0 Å². The third-order valence-electron chi connectivity index (χ3n) is 2.81. The number of nitrogens with zero attached hydrogens (tertiary/aromatic N) is 1. The van der Waals surface area contributed by atoms with Gasteiger partial charge in [0.2, 0.25) is 5.84 Å². The maximum Gasteiger partial charge on any atom is 0.416 e. The number of quaternary nitrogens is 1. The molecule has 0 aliphatic carbocycles. The molecule has 0 saturated carbocycles. The predicted molar refractivity (Wildman–Crippen MR) is 70.8 cm³/mol. The average Bonchev–Trinajstić information content (AvgIpc) is 2.88. The number of benzene rings is 1. The zero-order chi connectivity index (χ0) is 13.9. The van der Waals surface area contributed by atoms with E-state index in [1.165, 1.54) is 17.8 Å². The molecule has 0 unspecified atom stereocenters. The van der Waals surface area contributed by atoms with E-state index in [0.717, 1.165) is 36.0 Å². The van der Waals surface area contributed by atoms with Crippen molar-refractivity contribution < 1.29 is 30.9 Å². The number of hydrogen-bond acceptors (Lipinski definition) is 3. The summed E-state index contributed by atoms with van der Waals surface area (Å²) in [7, 11) is 0. The number of rotatable bonds is 4. The van der Waals surface area contributed by atoms with Gasteiger partial charge in [-0.1, -0.05) is 0 Å². The summed E-state index contributed by atoms with van der Waals surface area (Å²) in [5.41, 5.74) is -0.129. The largest absolute Gasteiger partial charge is 1.00 e. The Morgan fingerprint density at radius 3 is 2.70 bits per heavy atom. The fourth-order valence-corrected chi connectivity index (χ4v) is 2.40. The van der Waals surface area contributed by atoms with Crippen molar-refractivity contribution >= 4 is 23.3 Å². The Balaban J connectivity index is 0.00000200. The first-order valence-corrected chi connectivity index (χ1v) is 7.09. The molecule has 1 aromatic rings. The summed E-state index contributed by atoms with van der Waals surface area (Å²) in [5, 5.41) is 5.04. The van der Waals surface area contributed by atoms with Crippen LogP contribution >= 0.6 is 11.8 Å². The summed E-state index contributed by atoms with van der Waals surface area (Å²) >= 11 is 1.42. The van der Waals surface area contributed by atoms with Gasteiger partial charge in [-0.25, -0.2) is 4.99 Å². The lowest BCUT2D eigenvalue weighted by atomic mass is 10.2. The number of halogens is 4. The number of amidine groups is 1. The van der Waals surface area contributed by atoms with Crippen LogP contribution in [0.4, 0.5) is 18.9 Å². The zero-order valence-corrected chi connectivity index (χ0v) is 12.4. The van der Waals surface area contributed by atoms with Crippen LogP contribution in [-0.4, -0.2) is 31.7 Å². The van der Waals surface area contributed by atoms with Crippen LogP contribution in [-0.2, 0) is 6.18 Å². The van der Waals surface area contributed by atoms with Crippen LogP contribution in [0.5, 0.6) is 0 Å². The SMILES string of the molecule is CSc1ccc(C(F)(F)F)cc1NCC1=NCC[NH2+]1.[Cl-]. The zero-order valence-electron chi connectivity index (χ0n) is 10.8. The molecule has 3 N–H and O–H groups in total. The third-order valence-corrected chi connectivity index (χ3v) is 3.61. The summed E-state index contributed by atoms with van der Waals surface area (Å²) in [4.78, 5) is 5.04. The minimum atomic E-state index is -4.32. The Morgan fingerprint density at radius 1 is 1.40 bits per heavy atom. The molecule has 1 aromatic carbocycles. The van der Waals surface area contributed by atoms with Gasteiger partial charge < -0.3 is 17.7 Å². The molecule has 0 radical (unpaired) electrons. The van der Waals surface area contributed by atoms with Crippen LogP contribution in [0.1, 0.15) is 5.56 Å². The highest BCUT2D eigenvalue weighted by Gasteiger charge is 2.31. The molecule has 8 heteroatoms. The Morgan fingerprint density at radius 2 is 2.15 bits per heavy atom. The van der Waals surface area contributed by atoms with Gasteiger partial charge in [0.15, 0.2) is 0 Å². The number of hydrogen-bond donors (Lipinski definition) is 2. The predicted octanol–water partition coefficient (Wildman–Crippen LogP) is -1.18. The van der Waals surface area contributed by atoms with Gasteiger partial charge in [0.25, 0.3) is 0 Å². The van der Waals surface area contributed by atoms with Crippen molar-refractivity contribution in [3.63, 3.8) is 0 Å². The van der Waals surface area contributed by atoms with E-state index in [4.69, 9.17) is 0 Å².